The molecular weight excluding hydrogens is 582 g/mol. The first-order valence-electron chi connectivity index (χ1n) is 14.8. The topological polar surface area (TPSA) is 156 Å². The SMILES string of the molecule is COC[C@@H](NC(=O)c1ccc(-c2ccc(C)nc2C(=O)Nc2ccc(C(=N)N)cc2)c(C(=O)OCc2ccccc2)c1)C(C)(C)C. The Morgan fingerprint density at radius 2 is 1.54 bits per heavy atom. The van der Waals surface area contributed by atoms with Crippen LogP contribution in [0.5, 0.6) is 0 Å². The van der Waals surface area contributed by atoms with Gasteiger partial charge >= 0.3 is 5.97 Å². The molecule has 0 aliphatic carbocycles. The molecule has 0 bridgehead atoms. The van der Waals surface area contributed by atoms with Crippen molar-refractivity contribution in [1.29, 1.82) is 5.41 Å². The molecule has 0 saturated heterocycles. The van der Waals surface area contributed by atoms with E-state index in [0.717, 1.165) is 5.56 Å². The van der Waals surface area contributed by atoms with E-state index >= 15 is 0 Å². The van der Waals surface area contributed by atoms with Crippen LogP contribution in [0.3, 0.4) is 0 Å². The van der Waals surface area contributed by atoms with Crippen molar-refractivity contribution in [3.8, 4) is 11.1 Å². The number of benzene rings is 3. The number of aryl methyl sites for hydroxylation is 1. The van der Waals surface area contributed by atoms with Crippen molar-refractivity contribution >= 4 is 29.3 Å². The zero-order valence-corrected chi connectivity index (χ0v) is 26.6. The standard InChI is InChI=1S/C36H39N5O5/c1-22-11-17-28(31(39-22)34(43)40-26-15-12-24(13-16-26)32(37)38)27-18-14-25(33(42)41-30(21-45-5)36(2,3)4)19-29(27)35(44)46-20-23-9-7-6-8-10-23/h6-19,30H,20-21H2,1-5H3,(H3,37,38)(H,40,43)(H,41,42)/t30-/m1/s1. The number of rotatable bonds is 11. The fourth-order valence-electron chi connectivity index (χ4n) is 4.68. The van der Waals surface area contributed by atoms with Gasteiger partial charge in [0.1, 0.15) is 18.1 Å². The number of methoxy groups -OCH3 is 1. The van der Waals surface area contributed by atoms with Crippen molar-refractivity contribution in [2.24, 2.45) is 11.1 Å². The predicted molar refractivity (Wildman–Crippen MR) is 178 cm³/mol. The average Bonchev–Trinajstić information content (AvgIpc) is 3.03. The molecule has 2 amide bonds. The van der Waals surface area contributed by atoms with Crippen LogP contribution < -0.4 is 16.4 Å². The van der Waals surface area contributed by atoms with Gasteiger partial charge in [-0.25, -0.2) is 9.78 Å². The number of nitrogens with two attached hydrogens (primary N) is 1. The van der Waals surface area contributed by atoms with Gasteiger partial charge in [-0.2, -0.15) is 0 Å². The number of hydrogen-bond donors (Lipinski definition) is 4. The summed E-state index contributed by atoms with van der Waals surface area (Å²) in [5.41, 5.74) is 8.85. The molecule has 5 N–H and O–H groups in total. The zero-order valence-electron chi connectivity index (χ0n) is 26.6. The number of esters is 1. The third-order valence-corrected chi connectivity index (χ3v) is 7.39. The molecule has 46 heavy (non-hydrogen) atoms. The second-order valence-corrected chi connectivity index (χ2v) is 12.0. The van der Waals surface area contributed by atoms with Gasteiger partial charge in [-0.05, 0) is 65.9 Å². The lowest BCUT2D eigenvalue weighted by molar-refractivity contribution is 0.0473. The van der Waals surface area contributed by atoms with E-state index < -0.39 is 11.9 Å². The molecular formula is C36H39N5O5. The lowest BCUT2D eigenvalue weighted by Gasteiger charge is -2.31. The van der Waals surface area contributed by atoms with Crippen LogP contribution in [0.15, 0.2) is 84.9 Å². The summed E-state index contributed by atoms with van der Waals surface area (Å²) in [6.45, 7) is 8.09. The minimum Gasteiger partial charge on any atom is -0.457 e. The van der Waals surface area contributed by atoms with E-state index in [1.807, 2.05) is 51.1 Å². The Morgan fingerprint density at radius 1 is 0.891 bits per heavy atom. The molecule has 1 atom stereocenters. The summed E-state index contributed by atoms with van der Waals surface area (Å²) in [6.07, 6.45) is 0. The van der Waals surface area contributed by atoms with Crippen molar-refractivity contribution < 1.29 is 23.9 Å². The van der Waals surface area contributed by atoms with Gasteiger partial charge in [0, 0.05) is 35.2 Å². The molecule has 1 heterocycles. The summed E-state index contributed by atoms with van der Waals surface area (Å²) in [5.74, 6) is -1.64. The van der Waals surface area contributed by atoms with Crippen LogP contribution in [-0.4, -0.2) is 48.4 Å². The Kier molecular flexibility index (Phi) is 10.7. The number of nitrogens with one attached hydrogen (secondary N) is 3. The lowest BCUT2D eigenvalue weighted by Crippen LogP contribution is -2.46. The smallest absolute Gasteiger partial charge is 0.339 e. The number of aromatic nitrogens is 1. The minimum atomic E-state index is -0.662. The Morgan fingerprint density at radius 3 is 2.17 bits per heavy atom. The highest BCUT2D eigenvalue weighted by molar-refractivity contribution is 6.10. The quantitative estimate of drug-likeness (QED) is 0.0945. The van der Waals surface area contributed by atoms with Crippen LogP contribution >= 0.6 is 0 Å². The first-order valence-corrected chi connectivity index (χ1v) is 14.8. The van der Waals surface area contributed by atoms with Gasteiger partial charge in [0.15, 0.2) is 0 Å². The molecule has 0 spiro atoms. The van der Waals surface area contributed by atoms with Gasteiger partial charge in [-0.15, -0.1) is 0 Å². The summed E-state index contributed by atoms with van der Waals surface area (Å²) in [4.78, 5) is 45.2. The van der Waals surface area contributed by atoms with Crippen LogP contribution in [0.25, 0.3) is 11.1 Å². The maximum atomic E-state index is 13.7. The Hall–Kier alpha value is -5.35. The molecule has 0 aliphatic rings. The van der Waals surface area contributed by atoms with E-state index in [4.69, 9.17) is 20.6 Å². The molecule has 0 fully saturated rings. The van der Waals surface area contributed by atoms with Crippen LogP contribution in [0, 0.1) is 17.7 Å². The molecule has 238 valence electrons. The number of carbonyl (C=O) groups excluding carboxylic acids is 3. The van der Waals surface area contributed by atoms with Gasteiger partial charge in [0.25, 0.3) is 11.8 Å². The third kappa shape index (κ3) is 8.42. The van der Waals surface area contributed by atoms with E-state index in [2.05, 4.69) is 15.6 Å². The fourth-order valence-corrected chi connectivity index (χ4v) is 4.68. The number of amides is 2. The van der Waals surface area contributed by atoms with Crippen molar-refractivity contribution in [2.45, 2.75) is 40.3 Å². The molecule has 0 aliphatic heterocycles. The highest BCUT2D eigenvalue weighted by Crippen LogP contribution is 2.30. The van der Waals surface area contributed by atoms with E-state index in [1.165, 1.54) is 6.07 Å². The molecule has 3 aromatic carbocycles. The number of nitrogens with zero attached hydrogens (tertiary/aromatic N) is 1. The maximum Gasteiger partial charge on any atom is 0.339 e. The summed E-state index contributed by atoms with van der Waals surface area (Å²) >= 11 is 0. The first-order chi connectivity index (χ1) is 21.9. The highest BCUT2D eigenvalue weighted by atomic mass is 16.5. The molecule has 10 nitrogen and oxygen atoms in total. The average molecular weight is 622 g/mol. The molecule has 0 saturated carbocycles. The minimum absolute atomic E-state index is 0.0191. The second kappa shape index (κ2) is 14.6. The number of pyridine rings is 1. The number of ether oxygens (including phenoxy) is 2. The molecule has 4 aromatic rings. The van der Waals surface area contributed by atoms with E-state index in [-0.39, 0.29) is 46.6 Å². The number of anilines is 1. The van der Waals surface area contributed by atoms with Crippen LogP contribution in [-0.2, 0) is 16.1 Å². The molecule has 1 aromatic heterocycles. The first kappa shape index (κ1) is 33.5. The van der Waals surface area contributed by atoms with Gasteiger partial charge in [0.2, 0.25) is 0 Å². The van der Waals surface area contributed by atoms with Crippen LogP contribution in [0.1, 0.15) is 68.8 Å². The number of carbonyl (C=O) groups is 3. The van der Waals surface area contributed by atoms with Crippen molar-refractivity contribution in [3.05, 3.63) is 119 Å². The summed E-state index contributed by atoms with van der Waals surface area (Å²) in [5, 5.41) is 13.4. The summed E-state index contributed by atoms with van der Waals surface area (Å²) in [7, 11) is 1.57. The summed E-state index contributed by atoms with van der Waals surface area (Å²) in [6, 6.07) is 23.7. The maximum absolute atomic E-state index is 13.7. The Balaban J connectivity index is 1.74. The number of nitrogen functional groups attached to an aromatic ring is 1. The van der Waals surface area contributed by atoms with Crippen molar-refractivity contribution in [2.75, 3.05) is 19.0 Å². The Bertz CT molecular complexity index is 1730. The van der Waals surface area contributed by atoms with Gasteiger partial charge in [-0.1, -0.05) is 63.2 Å². The van der Waals surface area contributed by atoms with Crippen molar-refractivity contribution in [1.82, 2.24) is 10.3 Å². The second-order valence-electron chi connectivity index (χ2n) is 12.0. The van der Waals surface area contributed by atoms with E-state index in [0.29, 0.717) is 34.7 Å². The summed E-state index contributed by atoms with van der Waals surface area (Å²) < 4.78 is 11.0. The number of amidine groups is 1. The Labute approximate surface area is 268 Å². The molecule has 0 radical (unpaired) electrons. The largest absolute Gasteiger partial charge is 0.457 e. The van der Waals surface area contributed by atoms with Crippen LogP contribution in [0.4, 0.5) is 5.69 Å². The molecule has 4 rings (SSSR count). The highest BCUT2D eigenvalue weighted by Gasteiger charge is 2.28. The molecule has 0 unspecified atom stereocenters. The number of hydrogen-bond acceptors (Lipinski definition) is 7. The monoisotopic (exact) mass is 621 g/mol. The normalized spacial score (nSPS) is 11.8. The van der Waals surface area contributed by atoms with Gasteiger partial charge < -0.3 is 25.8 Å². The van der Waals surface area contributed by atoms with Gasteiger partial charge in [0.05, 0.1) is 18.2 Å². The van der Waals surface area contributed by atoms with E-state index in [9.17, 15) is 14.4 Å². The van der Waals surface area contributed by atoms with Crippen molar-refractivity contribution in [3.63, 3.8) is 0 Å². The van der Waals surface area contributed by atoms with E-state index in [1.54, 1.807) is 62.6 Å². The molecule has 10 heteroatoms. The van der Waals surface area contributed by atoms with Crippen LogP contribution in [0.2, 0.25) is 0 Å². The van der Waals surface area contributed by atoms with Gasteiger partial charge in [-0.3, -0.25) is 15.0 Å². The predicted octanol–water partition coefficient (Wildman–Crippen LogP) is 5.74. The zero-order chi connectivity index (χ0) is 33.4. The fraction of sp³-hybridized carbons (Fsp3) is 0.250. The lowest BCUT2D eigenvalue weighted by atomic mass is 9.87. The third-order valence-electron chi connectivity index (χ3n) is 7.39.